The summed E-state index contributed by atoms with van der Waals surface area (Å²) < 4.78 is 1.91. The molecule has 1 saturated heterocycles. The Hall–Kier alpha value is -2.15. The van der Waals surface area contributed by atoms with Crippen molar-refractivity contribution in [2.24, 2.45) is 13.0 Å². The normalized spacial score (nSPS) is 24.5. The lowest BCUT2D eigenvalue weighted by molar-refractivity contribution is -0.143. The second-order valence-corrected chi connectivity index (χ2v) is 7.26. The molecule has 1 N–H and O–H groups in total. The van der Waals surface area contributed by atoms with E-state index >= 15 is 0 Å². The fourth-order valence-electron chi connectivity index (χ4n) is 3.89. The van der Waals surface area contributed by atoms with Crippen LogP contribution in [0, 0.1) is 5.92 Å². The number of nitrogens with one attached hydrogen (secondary N) is 1. The molecule has 2 aliphatic rings. The summed E-state index contributed by atoms with van der Waals surface area (Å²) in [6.45, 7) is 5.09. The minimum atomic E-state index is -0.298. The minimum absolute atomic E-state index is 0.0174. The van der Waals surface area contributed by atoms with Crippen LogP contribution in [0.1, 0.15) is 38.1 Å². The number of aryl methyl sites for hydroxylation is 1. The Morgan fingerprint density at radius 2 is 2.15 bits per heavy atom. The highest BCUT2D eigenvalue weighted by atomic mass is 16.2. The molecular weight excluding hydrogens is 330 g/mol. The number of hydrogen-bond donors (Lipinski definition) is 1. The standard InChI is InChI=1S/C19H29N5O2/c1-4-24-16(25)6-5-15(17(24)18-20-9-12-23(18)3)19(26)21-13-14-7-10-22(2)11-8-14/h7,9,12,15,17H,4-6,8,10-11,13H2,1-3H3,(H,21,26)/t15-,17-/m0/s1. The molecule has 3 heterocycles. The lowest BCUT2D eigenvalue weighted by Crippen LogP contribution is -2.49. The number of likely N-dealkylation sites (N-methyl/N-ethyl adjacent to an activating group) is 1. The van der Waals surface area contributed by atoms with Gasteiger partial charge >= 0.3 is 0 Å². The maximum atomic E-state index is 13.0. The van der Waals surface area contributed by atoms with E-state index in [2.05, 4.69) is 28.3 Å². The molecule has 0 bridgehead atoms. The van der Waals surface area contributed by atoms with E-state index in [0.717, 1.165) is 25.3 Å². The van der Waals surface area contributed by atoms with Gasteiger partial charge in [0.2, 0.25) is 11.8 Å². The van der Waals surface area contributed by atoms with Gasteiger partial charge in [-0.25, -0.2) is 4.98 Å². The van der Waals surface area contributed by atoms with E-state index < -0.39 is 0 Å². The first-order valence-electron chi connectivity index (χ1n) is 9.42. The number of aromatic nitrogens is 2. The van der Waals surface area contributed by atoms with Crippen LogP contribution in [-0.4, -0.2) is 64.4 Å². The van der Waals surface area contributed by atoms with E-state index in [9.17, 15) is 9.59 Å². The molecule has 2 atom stereocenters. The highest BCUT2D eigenvalue weighted by molar-refractivity contribution is 5.85. The van der Waals surface area contributed by atoms with Gasteiger partial charge < -0.3 is 19.7 Å². The molecular formula is C19H29N5O2. The van der Waals surface area contributed by atoms with E-state index in [4.69, 9.17) is 0 Å². The average Bonchev–Trinajstić information content (AvgIpc) is 3.06. The first-order chi connectivity index (χ1) is 12.5. The third-order valence-electron chi connectivity index (χ3n) is 5.50. The molecule has 1 aromatic rings. The third-order valence-corrected chi connectivity index (χ3v) is 5.50. The van der Waals surface area contributed by atoms with Gasteiger partial charge in [0.25, 0.3) is 0 Å². The van der Waals surface area contributed by atoms with Crippen molar-refractivity contribution < 1.29 is 9.59 Å². The molecule has 1 aromatic heterocycles. The van der Waals surface area contributed by atoms with Crippen molar-refractivity contribution in [1.82, 2.24) is 24.7 Å². The Morgan fingerprint density at radius 3 is 2.77 bits per heavy atom. The van der Waals surface area contributed by atoms with Gasteiger partial charge in [-0.1, -0.05) is 11.6 Å². The fourth-order valence-corrected chi connectivity index (χ4v) is 3.89. The lowest BCUT2D eigenvalue weighted by atomic mass is 9.87. The Balaban J connectivity index is 1.74. The predicted octanol–water partition coefficient (Wildman–Crippen LogP) is 1.10. The van der Waals surface area contributed by atoms with Crippen molar-refractivity contribution >= 4 is 11.8 Å². The molecule has 3 rings (SSSR count). The number of likely N-dealkylation sites (tertiary alicyclic amines) is 1. The van der Waals surface area contributed by atoms with E-state index in [0.29, 0.717) is 25.9 Å². The number of carbonyl (C=O) groups excluding carboxylic acids is 2. The Labute approximate surface area is 155 Å². The molecule has 2 amide bonds. The summed E-state index contributed by atoms with van der Waals surface area (Å²) in [7, 11) is 4.01. The van der Waals surface area contributed by atoms with Crippen molar-refractivity contribution in [2.45, 2.75) is 32.2 Å². The molecule has 1 fully saturated rings. The molecule has 2 aliphatic heterocycles. The van der Waals surface area contributed by atoms with Crippen LogP contribution in [0.25, 0.3) is 0 Å². The number of imidazole rings is 1. The zero-order valence-electron chi connectivity index (χ0n) is 15.9. The number of nitrogens with zero attached hydrogens (tertiary/aromatic N) is 4. The summed E-state index contributed by atoms with van der Waals surface area (Å²) in [5.41, 5.74) is 1.28. The fraction of sp³-hybridized carbons (Fsp3) is 0.632. The first-order valence-corrected chi connectivity index (χ1v) is 9.42. The van der Waals surface area contributed by atoms with Crippen molar-refractivity contribution in [3.8, 4) is 0 Å². The number of carbonyl (C=O) groups is 2. The van der Waals surface area contributed by atoms with Crippen molar-refractivity contribution in [3.05, 3.63) is 29.9 Å². The van der Waals surface area contributed by atoms with Crippen LogP contribution in [0.3, 0.4) is 0 Å². The molecule has 0 aromatic carbocycles. The molecule has 7 heteroatoms. The van der Waals surface area contributed by atoms with Crippen LogP contribution in [0.4, 0.5) is 0 Å². The van der Waals surface area contributed by atoms with Gasteiger partial charge in [-0.2, -0.15) is 0 Å². The summed E-state index contributed by atoms with van der Waals surface area (Å²) in [4.78, 5) is 33.8. The van der Waals surface area contributed by atoms with E-state index in [1.807, 2.05) is 24.7 Å². The van der Waals surface area contributed by atoms with Crippen LogP contribution in [-0.2, 0) is 16.6 Å². The van der Waals surface area contributed by atoms with Gasteiger partial charge in [0.1, 0.15) is 11.9 Å². The Kier molecular flexibility index (Phi) is 5.76. The zero-order valence-corrected chi connectivity index (χ0v) is 15.9. The first kappa shape index (κ1) is 18.6. The summed E-state index contributed by atoms with van der Waals surface area (Å²) in [5.74, 6) is 0.630. The van der Waals surface area contributed by atoms with Gasteiger partial charge in [-0.05, 0) is 26.8 Å². The maximum absolute atomic E-state index is 13.0. The van der Waals surface area contributed by atoms with Crippen LogP contribution in [0.5, 0.6) is 0 Å². The van der Waals surface area contributed by atoms with Crippen molar-refractivity contribution in [2.75, 3.05) is 33.2 Å². The van der Waals surface area contributed by atoms with Gasteiger partial charge in [0, 0.05) is 52.0 Å². The summed E-state index contributed by atoms with van der Waals surface area (Å²) >= 11 is 0. The van der Waals surface area contributed by atoms with Crippen molar-refractivity contribution in [3.63, 3.8) is 0 Å². The molecule has 0 spiro atoms. The lowest BCUT2D eigenvalue weighted by Gasteiger charge is -2.39. The van der Waals surface area contributed by atoms with E-state index in [-0.39, 0.29) is 23.8 Å². The van der Waals surface area contributed by atoms with Crippen molar-refractivity contribution in [1.29, 1.82) is 0 Å². The van der Waals surface area contributed by atoms with Crippen LogP contribution >= 0.6 is 0 Å². The number of piperidine rings is 1. The summed E-state index contributed by atoms with van der Waals surface area (Å²) in [6.07, 6.45) is 7.76. The SMILES string of the molecule is CCN1C(=O)CC[C@H](C(=O)NCC2=CCN(C)CC2)[C@H]1c1nccn1C. The number of hydrogen-bond acceptors (Lipinski definition) is 4. The molecule has 142 valence electrons. The molecule has 0 unspecified atom stereocenters. The average molecular weight is 359 g/mol. The Bertz CT molecular complexity index is 696. The maximum Gasteiger partial charge on any atom is 0.225 e. The zero-order chi connectivity index (χ0) is 18.7. The second kappa shape index (κ2) is 8.03. The molecule has 0 aliphatic carbocycles. The highest BCUT2D eigenvalue weighted by Crippen LogP contribution is 2.35. The molecule has 7 nitrogen and oxygen atoms in total. The largest absolute Gasteiger partial charge is 0.352 e. The molecule has 0 saturated carbocycles. The highest BCUT2D eigenvalue weighted by Gasteiger charge is 2.41. The number of amides is 2. The van der Waals surface area contributed by atoms with Gasteiger partial charge in [-0.3, -0.25) is 9.59 Å². The second-order valence-electron chi connectivity index (χ2n) is 7.26. The minimum Gasteiger partial charge on any atom is -0.352 e. The predicted molar refractivity (Wildman–Crippen MR) is 99.3 cm³/mol. The third kappa shape index (κ3) is 3.82. The molecule has 26 heavy (non-hydrogen) atoms. The van der Waals surface area contributed by atoms with Crippen LogP contribution in [0.15, 0.2) is 24.0 Å². The summed E-state index contributed by atoms with van der Waals surface area (Å²) in [6, 6.07) is -0.298. The quantitative estimate of drug-likeness (QED) is 0.799. The van der Waals surface area contributed by atoms with Gasteiger partial charge in [-0.15, -0.1) is 0 Å². The molecule has 0 radical (unpaired) electrons. The van der Waals surface area contributed by atoms with Gasteiger partial charge in [0.05, 0.1) is 5.92 Å². The monoisotopic (exact) mass is 359 g/mol. The summed E-state index contributed by atoms with van der Waals surface area (Å²) in [5, 5.41) is 3.11. The number of rotatable bonds is 5. The van der Waals surface area contributed by atoms with Gasteiger partial charge in [0.15, 0.2) is 0 Å². The smallest absolute Gasteiger partial charge is 0.225 e. The van der Waals surface area contributed by atoms with Crippen LogP contribution < -0.4 is 5.32 Å². The Morgan fingerprint density at radius 1 is 1.35 bits per heavy atom. The topological polar surface area (TPSA) is 70.5 Å². The van der Waals surface area contributed by atoms with E-state index in [1.54, 1.807) is 11.1 Å². The van der Waals surface area contributed by atoms with Crippen LogP contribution in [0.2, 0.25) is 0 Å². The van der Waals surface area contributed by atoms with E-state index in [1.165, 1.54) is 5.57 Å².